The molecule has 2 rings (SSSR count). The van der Waals surface area contributed by atoms with E-state index >= 15 is 0 Å². The summed E-state index contributed by atoms with van der Waals surface area (Å²) < 4.78 is 24.1. The van der Waals surface area contributed by atoms with E-state index in [1.165, 1.54) is 13.3 Å². The van der Waals surface area contributed by atoms with Crippen LogP contribution in [-0.2, 0) is 16.4 Å². The number of Topliss-reactive ketones (excluding diaryl/α,β-unsaturated/α-hetero) is 1. The first kappa shape index (κ1) is 13.3. The number of rotatable bonds is 4. The number of aromatic nitrogens is 5. The zero-order valence-electron chi connectivity index (χ0n) is 10.3. The summed E-state index contributed by atoms with van der Waals surface area (Å²) in [6, 6.07) is 0. The third-order valence-electron chi connectivity index (χ3n) is 2.42. The molecule has 2 aromatic heterocycles. The molecule has 102 valence electrons. The second-order valence-electron chi connectivity index (χ2n) is 4.07. The highest BCUT2D eigenvalue weighted by Gasteiger charge is 2.14. The van der Waals surface area contributed by atoms with Crippen molar-refractivity contribution >= 4 is 21.3 Å². The predicted octanol–water partition coefficient (Wildman–Crippen LogP) is -1.47. The summed E-state index contributed by atoms with van der Waals surface area (Å²) >= 11 is 0. The van der Waals surface area contributed by atoms with Gasteiger partial charge in [-0.05, 0) is 0 Å². The van der Waals surface area contributed by atoms with Crippen molar-refractivity contribution in [1.29, 1.82) is 0 Å². The van der Waals surface area contributed by atoms with Crippen molar-refractivity contribution in [2.75, 3.05) is 12.0 Å². The Morgan fingerprint density at radius 1 is 1.42 bits per heavy atom. The van der Waals surface area contributed by atoms with E-state index in [1.54, 1.807) is 0 Å². The van der Waals surface area contributed by atoms with Crippen LogP contribution >= 0.6 is 0 Å². The fourth-order valence-electron chi connectivity index (χ4n) is 1.48. The molecule has 2 heterocycles. The highest BCUT2D eigenvalue weighted by Crippen LogP contribution is 2.02. The highest BCUT2D eigenvalue weighted by atomic mass is 32.2. The van der Waals surface area contributed by atoms with Gasteiger partial charge in [0, 0.05) is 13.2 Å². The number of carbonyl (C=O) groups is 1. The average Bonchev–Trinajstić information content (AvgIpc) is 2.71. The molecule has 10 heteroatoms. The van der Waals surface area contributed by atoms with Gasteiger partial charge in [-0.15, -0.1) is 5.10 Å². The molecular formula is C9H11N5O4S. The first-order valence-electron chi connectivity index (χ1n) is 5.29. The average molecular weight is 285 g/mol. The summed E-state index contributed by atoms with van der Waals surface area (Å²) in [7, 11) is -3.21. The number of carbonyl (C=O) groups excluding carboxylic acids is 1. The standard InChI is InChI=1S/C9H11N5O4S/c1-6(15)7-8-11-12-14(3-4-19(2,17)18)9(16)13(8)5-10-7/h5H,3-4H2,1-2H3. The Bertz CT molecular complexity index is 804. The van der Waals surface area contributed by atoms with E-state index in [2.05, 4.69) is 15.3 Å². The monoisotopic (exact) mass is 285 g/mol. The molecule has 9 nitrogen and oxygen atoms in total. The van der Waals surface area contributed by atoms with Crippen molar-refractivity contribution in [1.82, 2.24) is 24.4 Å². The van der Waals surface area contributed by atoms with Gasteiger partial charge in [0.25, 0.3) is 0 Å². The Hall–Kier alpha value is -2.10. The lowest BCUT2D eigenvalue weighted by Gasteiger charge is -2.02. The van der Waals surface area contributed by atoms with Gasteiger partial charge in [0.15, 0.2) is 17.1 Å². The molecule has 0 unspecified atom stereocenters. The number of sulfone groups is 1. The molecule has 0 saturated carbocycles. The Morgan fingerprint density at radius 2 is 2.11 bits per heavy atom. The van der Waals surface area contributed by atoms with E-state index in [-0.39, 0.29) is 29.4 Å². The molecular weight excluding hydrogens is 274 g/mol. The summed E-state index contributed by atoms with van der Waals surface area (Å²) in [6.45, 7) is 1.20. The van der Waals surface area contributed by atoms with Crippen LogP contribution in [0.3, 0.4) is 0 Å². The van der Waals surface area contributed by atoms with Crippen molar-refractivity contribution in [2.24, 2.45) is 0 Å². The summed E-state index contributed by atoms with van der Waals surface area (Å²) in [5.74, 6) is -0.550. The van der Waals surface area contributed by atoms with Gasteiger partial charge < -0.3 is 0 Å². The third-order valence-corrected chi connectivity index (χ3v) is 3.35. The normalized spacial score (nSPS) is 11.9. The van der Waals surface area contributed by atoms with Gasteiger partial charge in [-0.1, -0.05) is 5.21 Å². The molecule has 0 saturated heterocycles. The van der Waals surface area contributed by atoms with Crippen molar-refractivity contribution in [3.05, 3.63) is 22.5 Å². The van der Waals surface area contributed by atoms with Crippen LogP contribution in [0.25, 0.3) is 5.65 Å². The van der Waals surface area contributed by atoms with E-state index < -0.39 is 15.5 Å². The topological polar surface area (TPSA) is 116 Å². The lowest BCUT2D eigenvalue weighted by molar-refractivity contribution is 0.101. The van der Waals surface area contributed by atoms with E-state index in [0.29, 0.717) is 0 Å². The Kier molecular flexibility index (Phi) is 3.18. The molecule has 0 N–H and O–H groups in total. The Labute approximate surface area is 107 Å². The van der Waals surface area contributed by atoms with E-state index in [9.17, 15) is 18.0 Å². The van der Waals surface area contributed by atoms with Crippen LogP contribution in [0.5, 0.6) is 0 Å². The second kappa shape index (κ2) is 4.53. The van der Waals surface area contributed by atoms with Crippen LogP contribution in [0.15, 0.2) is 11.1 Å². The summed E-state index contributed by atoms with van der Waals surface area (Å²) in [5.41, 5.74) is -0.471. The number of ketones is 1. The number of hydrogen-bond acceptors (Lipinski definition) is 7. The molecule has 0 bridgehead atoms. The maximum absolute atomic E-state index is 12.0. The van der Waals surface area contributed by atoms with Crippen molar-refractivity contribution in [3.8, 4) is 0 Å². The van der Waals surface area contributed by atoms with Gasteiger partial charge >= 0.3 is 5.69 Å². The third kappa shape index (κ3) is 2.67. The SMILES string of the molecule is CC(=O)c1ncn2c(=O)n(CCS(C)(=O)=O)nnc12. The van der Waals surface area contributed by atoms with Gasteiger partial charge in [0.2, 0.25) is 0 Å². The number of hydrogen-bond donors (Lipinski definition) is 0. The van der Waals surface area contributed by atoms with E-state index in [1.807, 2.05) is 0 Å². The molecule has 0 fully saturated rings. The van der Waals surface area contributed by atoms with Gasteiger partial charge in [0.1, 0.15) is 16.2 Å². The largest absolute Gasteiger partial charge is 0.352 e. The smallest absolute Gasteiger partial charge is 0.293 e. The molecule has 0 aliphatic heterocycles. The zero-order chi connectivity index (χ0) is 14.2. The van der Waals surface area contributed by atoms with Crippen LogP contribution in [0.2, 0.25) is 0 Å². The molecule has 0 aliphatic rings. The summed E-state index contributed by atoms with van der Waals surface area (Å²) in [6.07, 6.45) is 2.23. The maximum Gasteiger partial charge on any atom is 0.352 e. The molecule has 0 radical (unpaired) electrons. The molecule has 0 aliphatic carbocycles. The van der Waals surface area contributed by atoms with Gasteiger partial charge in [-0.2, -0.15) is 4.68 Å². The van der Waals surface area contributed by atoms with Crippen molar-refractivity contribution in [3.63, 3.8) is 0 Å². The van der Waals surface area contributed by atoms with Crippen LogP contribution in [0, 0.1) is 0 Å². The van der Waals surface area contributed by atoms with Crippen molar-refractivity contribution in [2.45, 2.75) is 13.5 Å². The first-order chi connectivity index (χ1) is 8.79. The lowest BCUT2D eigenvalue weighted by Crippen LogP contribution is -2.32. The van der Waals surface area contributed by atoms with E-state index in [0.717, 1.165) is 15.3 Å². The highest BCUT2D eigenvalue weighted by molar-refractivity contribution is 7.90. The second-order valence-corrected chi connectivity index (χ2v) is 6.33. The summed E-state index contributed by atoms with van der Waals surface area (Å²) in [4.78, 5) is 27.0. The fourth-order valence-corrected chi connectivity index (χ4v) is 1.98. The lowest BCUT2D eigenvalue weighted by atomic mass is 10.3. The fraction of sp³-hybridized carbons (Fsp3) is 0.444. The minimum absolute atomic E-state index is 0.0554. The van der Waals surface area contributed by atoms with Gasteiger partial charge in [-0.3, -0.25) is 4.79 Å². The predicted molar refractivity (Wildman–Crippen MR) is 64.8 cm³/mol. The van der Waals surface area contributed by atoms with E-state index in [4.69, 9.17) is 0 Å². The molecule has 0 amide bonds. The molecule has 0 aromatic carbocycles. The van der Waals surface area contributed by atoms with Crippen LogP contribution in [0.1, 0.15) is 17.4 Å². The molecule has 19 heavy (non-hydrogen) atoms. The number of aryl methyl sites for hydroxylation is 1. The van der Waals surface area contributed by atoms with Crippen LogP contribution in [0.4, 0.5) is 0 Å². The first-order valence-corrected chi connectivity index (χ1v) is 7.35. The minimum Gasteiger partial charge on any atom is -0.293 e. The van der Waals surface area contributed by atoms with Crippen molar-refractivity contribution < 1.29 is 13.2 Å². The Balaban J connectivity index is 2.48. The number of imidazole rings is 1. The number of nitrogens with zero attached hydrogens (tertiary/aromatic N) is 5. The van der Waals surface area contributed by atoms with Crippen LogP contribution < -0.4 is 5.69 Å². The minimum atomic E-state index is -3.21. The molecule has 0 spiro atoms. The van der Waals surface area contributed by atoms with Gasteiger partial charge in [0.05, 0.1) is 12.3 Å². The Morgan fingerprint density at radius 3 is 2.68 bits per heavy atom. The molecule has 0 atom stereocenters. The summed E-state index contributed by atoms with van der Waals surface area (Å²) in [5, 5.41) is 7.32. The van der Waals surface area contributed by atoms with Crippen LogP contribution in [-0.4, -0.2) is 50.6 Å². The zero-order valence-corrected chi connectivity index (χ0v) is 11.1. The molecule has 2 aromatic rings. The maximum atomic E-state index is 12.0. The number of fused-ring (bicyclic) bond motifs is 1. The quantitative estimate of drug-likeness (QED) is 0.630. The van der Waals surface area contributed by atoms with Gasteiger partial charge in [-0.25, -0.2) is 22.6 Å².